The first-order chi connectivity index (χ1) is 15.5. The number of para-hydroxylation sites is 1. The van der Waals surface area contributed by atoms with Gasteiger partial charge in [-0.3, -0.25) is 14.4 Å². The second-order valence-electron chi connectivity index (χ2n) is 8.23. The molecule has 32 heavy (non-hydrogen) atoms. The van der Waals surface area contributed by atoms with Crippen LogP contribution in [0.25, 0.3) is 10.9 Å². The van der Waals surface area contributed by atoms with Crippen molar-refractivity contribution in [1.29, 1.82) is 0 Å². The van der Waals surface area contributed by atoms with E-state index in [1.165, 1.54) is 18.1 Å². The van der Waals surface area contributed by atoms with Crippen LogP contribution < -0.4 is 10.6 Å². The average molecular weight is 433 g/mol. The Hall–Kier alpha value is -3.61. The Kier molecular flexibility index (Phi) is 6.54. The van der Waals surface area contributed by atoms with E-state index in [1.807, 2.05) is 47.5 Å². The molecule has 1 unspecified atom stereocenters. The molecule has 2 heterocycles. The molecule has 3 amide bonds. The minimum Gasteiger partial charge on any atom is -0.361 e. The van der Waals surface area contributed by atoms with Gasteiger partial charge < -0.3 is 20.5 Å². The molecule has 2 aromatic carbocycles. The number of carbonyl (C=O) groups is 3. The van der Waals surface area contributed by atoms with E-state index < -0.39 is 6.04 Å². The molecule has 1 atom stereocenters. The molecule has 1 aromatic heterocycles. The van der Waals surface area contributed by atoms with Crippen molar-refractivity contribution < 1.29 is 14.4 Å². The third kappa shape index (κ3) is 4.99. The van der Waals surface area contributed by atoms with E-state index in [4.69, 9.17) is 0 Å². The van der Waals surface area contributed by atoms with Crippen LogP contribution in [0.3, 0.4) is 0 Å². The maximum Gasteiger partial charge on any atom is 0.242 e. The number of fused-ring (bicyclic) bond motifs is 2. The molecule has 1 aliphatic rings. The van der Waals surface area contributed by atoms with Crippen LogP contribution in [0, 0.1) is 0 Å². The minimum absolute atomic E-state index is 0.0904. The standard InChI is InChI=1S/C25H28N4O3/c1-17(30)28-23(13-20-14-27-22-10-5-4-9-21(20)22)25(32)26-12-6-11-24(31)29-15-18-7-2-3-8-19(18)16-29/h2-5,7-10,14,23,27H,6,11-13,15-16H2,1H3,(H,26,32)(H,28,30). The van der Waals surface area contributed by atoms with Crippen LogP contribution in [0.1, 0.15) is 36.5 Å². The van der Waals surface area contributed by atoms with Crippen LogP contribution >= 0.6 is 0 Å². The van der Waals surface area contributed by atoms with Gasteiger partial charge in [-0.1, -0.05) is 42.5 Å². The fraction of sp³-hybridized carbons (Fsp3) is 0.320. The molecule has 0 saturated carbocycles. The molecule has 0 aliphatic carbocycles. The lowest BCUT2D eigenvalue weighted by molar-refractivity contribution is -0.132. The lowest BCUT2D eigenvalue weighted by Gasteiger charge is -2.18. The number of aromatic amines is 1. The highest BCUT2D eigenvalue weighted by Gasteiger charge is 2.23. The van der Waals surface area contributed by atoms with E-state index in [0.717, 1.165) is 16.5 Å². The molecule has 4 rings (SSSR count). The zero-order valence-corrected chi connectivity index (χ0v) is 18.2. The van der Waals surface area contributed by atoms with Crippen LogP contribution in [0.5, 0.6) is 0 Å². The number of carbonyl (C=O) groups excluding carboxylic acids is 3. The Morgan fingerprint density at radius 3 is 2.44 bits per heavy atom. The van der Waals surface area contributed by atoms with E-state index in [-0.39, 0.29) is 17.7 Å². The zero-order chi connectivity index (χ0) is 22.5. The molecule has 3 aromatic rings. The van der Waals surface area contributed by atoms with Crippen molar-refractivity contribution in [3.63, 3.8) is 0 Å². The lowest BCUT2D eigenvalue weighted by Crippen LogP contribution is -2.47. The van der Waals surface area contributed by atoms with Crippen molar-refractivity contribution in [2.75, 3.05) is 6.54 Å². The predicted octanol–water partition coefficient (Wildman–Crippen LogP) is 2.65. The van der Waals surface area contributed by atoms with Gasteiger partial charge in [-0.25, -0.2) is 0 Å². The molecule has 7 heteroatoms. The molecule has 0 fully saturated rings. The summed E-state index contributed by atoms with van der Waals surface area (Å²) in [7, 11) is 0. The van der Waals surface area contributed by atoms with E-state index in [0.29, 0.717) is 38.9 Å². The smallest absolute Gasteiger partial charge is 0.242 e. The summed E-state index contributed by atoms with van der Waals surface area (Å²) in [5, 5.41) is 6.66. The molecule has 0 spiro atoms. The summed E-state index contributed by atoms with van der Waals surface area (Å²) in [4.78, 5) is 42.0. The topological polar surface area (TPSA) is 94.3 Å². The first kappa shape index (κ1) is 21.6. The Balaban J connectivity index is 1.27. The molecular formula is C25H28N4O3. The fourth-order valence-corrected chi connectivity index (χ4v) is 4.22. The van der Waals surface area contributed by atoms with Crippen LogP contribution in [0.4, 0.5) is 0 Å². The number of amides is 3. The zero-order valence-electron chi connectivity index (χ0n) is 18.2. The van der Waals surface area contributed by atoms with E-state index in [9.17, 15) is 14.4 Å². The van der Waals surface area contributed by atoms with Gasteiger partial charge in [0.25, 0.3) is 0 Å². The number of rotatable bonds is 8. The molecule has 166 valence electrons. The van der Waals surface area contributed by atoms with Crippen molar-refractivity contribution in [2.24, 2.45) is 0 Å². The molecular weight excluding hydrogens is 404 g/mol. The largest absolute Gasteiger partial charge is 0.361 e. The number of H-pyrrole nitrogens is 1. The maximum atomic E-state index is 12.8. The fourth-order valence-electron chi connectivity index (χ4n) is 4.22. The average Bonchev–Trinajstić information content (AvgIpc) is 3.40. The Morgan fingerprint density at radius 2 is 1.72 bits per heavy atom. The first-order valence-corrected chi connectivity index (χ1v) is 11.0. The van der Waals surface area contributed by atoms with Gasteiger partial charge in [0, 0.05) is 56.5 Å². The molecule has 7 nitrogen and oxygen atoms in total. The van der Waals surface area contributed by atoms with Gasteiger partial charge in [-0.15, -0.1) is 0 Å². The number of hydrogen-bond acceptors (Lipinski definition) is 3. The quantitative estimate of drug-likeness (QED) is 0.478. The lowest BCUT2D eigenvalue weighted by atomic mass is 10.0. The third-order valence-corrected chi connectivity index (χ3v) is 5.85. The molecule has 1 aliphatic heterocycles. The molecule has 3 N–H and O–H groups in total. The predicted molar refractivity (Wildman–Crippen MR) is 123 cm³/mol. The van der Waals surface area contributed by atoms with Crippen molar-refractivity contribution in [1.82, 2.24) is 20.5 Å². The normalized spacial score (nSPS) is 13.6. The summed E-state index contributed by atoms with van der Waals surface area (Å²) in [5.74, 6) is -0.409. The second kappa shape index (κ2) is 9.68. The van der Waals surface area contributed by atoms with Gasteiger partial charge in [-0.2, -0.15) is 0 Å². The van der Waals surface area contributed by atoms with Crippen molar-refractivity contribution in [2.45, 2.75) is 45.3 Å². The highest BCUT2D eigenvalue weighted by molar-refractivity contribution is 5.89. The Labute approximate surface area is 187 Å². The van der Waals surface area contributed by atoms with E-state index in [1.54, 1.807) is 0 Å². The molecule has 0 radical (unpaired) electrons. The first-order valence-electron chi connectivity index (χ1n) is 11.0. The van der Waals surface area contributed by atoms with Gasteiger partial charge in [-0.05, 0) is 29.2 Å². The SMILES string of the molecule is CC(=O)NC(Cc1c[nH]c2ccccc12)C(=O)NCCCC(=O)N1Cc2ccccc2C1. The summed E-state index contributed by atoms with van der Waals surface area (Å²) in [6, 6.07) is 15.3. The number of nitrogens with zero attached hydrogens (tertiary/aromatic N) is 1. The van der Waals surface area contributed by atoms with Crippen molar-refractivity contribution >= 4 is 28.6 Å². The van der Waals surface area contributed by atoms with Crippen LogP contribution in [0.2, 0.25) is 0 Å². The summed E-state index contributed by atoms with van der Waals surface area (Å²) in [6.07, 6.45) is 3.19. The monoisotopic (exact) mass is 432 g/mol. The van der Waals surface area contributed by atoms with Gasteiger partial charge in [0.1, 0.15) is 6.04 Å². The summed E-state index contributed by atoms with van der Waals surface area (Å²) >= 11 is 0. The number of benzene rings is 2. The number of hydrogen-bond donors (Lipinski definition) is 3. The third-order valence-electron chi connectivity index (χ3n) is 5.85. The number of aromatic nitrogens is 1. The van der Waals surface area contributed by atoms with E-state index in [2.05, 4.69) is 27.8 Å². The number of nitrogens with one attached hydrogen (secondary N) is 3. The van der Waals surface area contributed by atoms with Gasteiger partial charge in [0.15, 0.2) is 0 Å². The van der Waals surface area contributed by atoms with Gasteiger partial charge >= 0.3 is 0 Å². The Morgan fingerprint density at radius 1 is 1.03 bits per heavy atom. The van der Waals surface area contributed by atoms with Crippen LogP contribution in [-0.2, 0) is 33.9 Å². The summed E-state index contributed by atoms with van der Waals surface area (Å²) in [5.41, 5.74) is 4.36. The highest BCUT2D eigenvalue weighted by Crippen LogP contribution is 2.23. The summed E-state index contributed by atoms with van der Waals surface area (Å²) < 4.78 is 0. The minimum atomic E-state index is -0.671. The molecule has 0 saturated heterocycles. The van der Waals surface area contributed by atoms with Gasteiger partial charge in [0.2, 0.25) is 17.7 Å². The Bertz CT molecular complexity index is 1110. The van der Waals surface area contributed by atoms with E-state index >= 15 is 0 Å². The maximum absolute atomic E-state index is 12.8. The van der Waals surface area contributed by atoms with Crippen LogP contribution in [0.15, 0.2) is 54.7 Å². The van der Waals surface area contributed by atoms with Crippen LogP contribution in [-0.4, -0.2) is 40.2 Å². The highest BCUT2D eigenvalue weighted by atomic mass is 16.2. The second-order valence-corrected chi connectivity index (χ2v) is 8.23. The van der Waals surface area contributed by atoms with Gasteiger partial charge in [0.05, 0.1) is 0 Å². The summed E-state index contributed by atoms with van der Waals surface area (Å²) in [6.45, 7) is 3.09. The van der Waals surface area contributed by atoms with Crippen molar-refractivity contribution in [3.05, 3.63) is 71.4 Å². The van der Waals surface area contributed by atoms with Crippen molar-refractivity contribution in [3.8, 4) is 0 Å². The molecule has 0 bridgehead atoms.